The van der Waals surface area contributed by atoms with E-state index in [0.717, 1.165) is 6.07 Å². The molecule has 0 aliphatic carbocycles. The molecule has 1 aromatic rings. The highest BCUT2D eigenvalue weighted by molar-refractivity contribution is 5.55. The molecule has 1 atom stereocenters. The Morgan fingerprint density at radius 2 is 1.50 bits per heavy atom. The predicted octanol–water partition coefficient (Wildman–Crippen LogP) is 2.10. The van der Waals surface area contributed by atoms with Crippen LogP contribution >= 0.6 is 0 Å². The first-order valence-corrected chi connectivity index (χ1v) is 4.32. The first-order chi connectivity index (χ1) is 8.16. The van der Waals surface area contributed by atoms with Crippen LogP contribution in [0.15, 0.2) is 18.2 Å². The largest absolute Gasteiger partial charge is 0.419 e. The molecule has 10 heteroatoms. The van der Waals surface area contributed by atoms with Gasteiger partial charge in [0.05, 0.1) is 9.85 Å². The third kappa shape index (κ3) is 2.53. The standard InChI is InChI=1S/C8H5F3N2O5/c9-8(10,11)7(14)6-4(12(15)16)2-1-3-5(6)13(17)18/h1-3,7,14H. The van der Waals surface area contributed by atoms with Gasteiger partial charge in [0, 0.05) is 12.1 Å². The number of alkyl halides is 3. The predicted molar refractivity (Wildman–Crippen MR) is 50.8 cm³/mol. The maximum absolute atomic E-state index is 12.3. The molecule has 0 saturated heterocycles. The second-order valence-corrected chi connectivity index (χ2v) is 3.17. The normalized spacial score (nSPS) is 13.1. The molecule has 0 aromatic heterocycles. The minimum absolute atomic E-state index is 0.650. The van der Waals surface area contributed by atoms with E-state index >= 15 is 0 Å². The molecule has 0 fully saturated rings. The van der Waals surface area contributed by atoms with Gasteiger partial charge in [0.25, 0.3) is 11.4 Å². The topological polar surface area (TPSA) is 107 Å². The van der Waals surface area contributed by atoms with E-state index < -0.39 is 39.1 Å². The van der Waals surface area contributed by atoms with E-state index in [2.05, 4.69) is 0 Å². The van der Waals surface area contributed by atoms with Crippen LogP contribution in [-0.2, 0) is 0 Å². The summed E-state index contributed by atoms with van der Waals surface area (Å²) in [5, 5.41) is 30.0. The van der Waals surface area contributed by atoms with Crippen molar-refractivity contribution in [3.8, 4) is 0 Å². The van der Waals surface area contributed by atoms with Crippen LogP contribution in [0.3, 0.4) is 0 Å². The molecule has 1 unspecified atom stereocenters. The van der Waals surface area contributed by atoms with Gasteiger partial charge in [-0.15, -0.1) is 0 Å². The van der Waals surface area contributed by atoms with Crippen LogP contribution in [0.2, 0.25) is 0 Å². The lowest BCUT2D eigenvalue weighted by Gasteiger charge is -2.14. The van der Waals surface area contributed by atoms with Gasteiger partial charge in [-0.05, 0) is 6.07 Å². The molecule has 0 amide bonds. The van der Waals surface area contributed by atoms with Crippen molar-refractivity contribution in [3.63, 3.8) is 0 Å². The van der Waals surface area contributed by atoms with Crippen LogP contribution in [0.25, 0.3) is 0 Å². The van der Waals surface area contributed by atoms with E-state index in [1.54, 1.807) is 0 Å². The molecule has 0 aliphatic heterocycles. The van der Waals surface area contributed by atoms with Gasteiger partial charge in [-0.2, -0.15) is 13.2 Å². The molecule has 0 heterocycles. The van der Waals surface area contributed by atoms with Crippen molar-refractivity contribution < 1.29 is 28.1 Å². The summed E-state index contributed by atoms with van der Waals surface area (Å²) < 4.78 is 37.0. The van der Waals surface area contributed by atoms with Crippen LogP contribution < -0.4 is 0 Å². The Balaban J connectivity index is 3.55. The van der Waals surface area contributed by atoms with Gasteiger partial charge in [0.1, 0.15) is 5.56 Å². The van der Waals surface area contributed by atoms with Gasteiger partial charge >= 0.3 is 6.18 Å². The van der Waals surface area contributed by atoms with Crippen molar-refractivity contribution in [2.45, 2.75) is 12.3 Å². The molecule has 1 rings (SSSR count). The number of hydrogen-bond donors (Lipinski definition) is 1. The zero-order valence-corrected chi connectivity index (χ0v) is 8.42. The number of aliphatic hydroxyl groups is 1. The molecule has 98 valence electrons. The number of aliphatic hydroxyl groups excluding tert-OH is 1. The fourth-order valence-electron chi connectivity index (χ4n) is 1.30. The SMILES string of the molecule is O=[N+]([O-])c1cccc([N+](=O)[O-])c1C(O)C(F)(F)F. The number of nitrogens with zero attached hydrogens (tertiary/aromatic N) is 2. The lowest BCUT2D eigenvalue weighted by atomic mass is 10.0. The van der Waals surface area contributed by atoms with Gasteiger partial charge < -0.3 is 5.11 Å². The van der Waals surface area contributed by atoms with Crippen molar-refractivity contribution in [2.24, 2.45) is 0 Å². The maximum Gasteiger partial charge on any atom is 0.419 e. The lowest BCUT2D eigenvalue weighted by molar-refractivity contribution is -0.398. The third-order valence-corrected chi connectivity index (χ3v) is 2.04. The number of rotatable bonds is 3. The molecule has 18 heavy (non-hydrogen) atoms. The molecule has 1 aromatic carbocycles. The highest BCUT2D eigenvalue weighted by Gasteiger charge is 2.46. The minimum atomic E-state index is -5.24. The van der Waals surface area contributed by atoms with Crippen molar-refractivity contribution in [1.29, 1.82) is 0 Å². The molecule has 0 bridgehead atoms. The second kappa shape index (κ2) is 4.56. The maximum atomic E-state index is 12.3. The van der Waals surface area contributed by atoms with Crippen molar-refractivity contribution in [3.05, 3.63) is 44.0 Å². The van der Waals surface area contributed by atoms with E-state index in [1.807, 2.05) is 0 Å². The van der Waals surface area contributed by atoms with Crippen LogP contribution in [0.4, 0.5) is 24.5 Å². The average molecular weight is 266 g/mol. The van der Waals surface area contributed by atoms with Crippen LogP contribution in [0.5, 0.6) is 0 Å². The summed E-state index contributed by atoms with van der Waals surface area (Å²) in [6.07, 6.45) is -8.53. The van der Waals surface area contributed by atoms with E-state index in [-0.39, 0.29) is 0 Å². The zero-order valence-electron chi connectivity index (χ0n) is 8.42. The highest BCUT2D eigenvalue weighted by Crippen LogP contribution is 2.41. The number of hydrogen-bond acceptors (Lipinski definition) is 5. The Kier molecular flexibility index (Phi) is 3.51. The molecule has 1 N–H and O–H groups in total. The fourth-order valence-corrected chi connectivity index (χ4v) is 1.30. The van der Waals surface area contributed by atoms with Gasteiger partial charge in [-0.25, -0.2) is 0 Å². The van der Waals surface area contributed by atoms with Crippen LogP contribution in [0.1, 0.15) is 11.7 Å². The number of nitro benzene ring substituents is 2. The Labute approximate surface area is 96.8 Å². The van der Waals surface area contributed by atoms with Gasteiger partial charge in [-0.3, -0.25) is 20.2 Å². The molecular formula is C8H5F3N2O5. The summed E-state index contributed by atoms with van der Waals surface area (Å²) in [6.45, 7) is 0. The first-order valence-electron chi connectivity index (χ1n) is 4.32. The summed E-state index contributed by atoms with van der Waals surface area (Å²) in [5.74, 6) is 0. The van der Waals surface area contributed by atoms with Crippen molar-refractivity contribution >= 4 is 11.4 Å². The smallest absolute Gasteiger partial charge is 0.379 e. The quantitative estimate of drug-likeness (QED) is 0.665. The van der Waals surface area contributed by atoms with Gasteiger partial charge in [-0.1, -0.05) is 0 Å². The molecule has 0 saturated carbocycles. The van der Waals surface area contributed by atoms with E-state index in [9.17, 15) is 33.4 Å². The minimum Gasteiger partial charge on any atom is -0.379 e. The van der Waals surface area contributed by atoms with E-state index in [1.165, 1.54) is 0 Å². The molecule has 0 spiro atoms. The Morgan fingerprint density at radius 3 is 1.78 bits per heavy atom. The number of halogens is 3. The Hall–Kier alpha value is -2.23. The summed E-state index contributed by atoms with van der Waals surface area (Å²) in [4.78, 5) is 18.6. The molecular weight excluding hydrogens is 261 g/mol. The van der Waals surface area contributed by atoms with Gasteiger partial charge in [0.2, 0.25) is 0 Å². The third-order valence-electron chi connectivity index (χ3n) is 2.04. The summed E-state index contributed by atoms with van der Waals surface area (Å²) >= 11 is 0. The lowest BCUT2D eigenvalue weighted by Crippen LogP contribution is -2.22. The second-order valence-electron chi connectivity index (χ2n) is 3.17. The average Bonchev–Trinajstić information content (AvgIpc) is 2.25. The molecule has 0 aliphatic rings. The Bertz CT molecular complexity index is 470. The first kappa shape index (κ1) is 13.8. The number of nitro groups is 2. The highest BCUT2D eigenvalue weighted by atomic mass is 19.4. The van der Waals surface area contributed by atoms with Crippen molar-refractivity contribution in [2.75, 3.05) is 0 Å². The summed E-state index contributed by atoms with van der Waals surface area (Å²) in [5.41, 5.74) is -3.69. The fraction of sp³-hybridized carbons (Fsp3) is 0.250. The zero-order chi connectivity index (χ0) is 14.1. The Morgan fingerprint density at radius 1 is 1.11 bits per heavy atom. The molecule has 7 nitrogen and oxygen atoms in total. The monoisotopic (exact) mass is 266 g/mol. The van der Waals surface area contributed by atoms with E-state index in [4.69, 9.17) is 5.11 Å². The van der Waals surface area contributed by atoms with E-state index in [0.29, 0.717) is 12.1 Å². The summed E-state index contributed by atoms with van der Waals surface area (Å²) in [6, 6.07) is 2.16. The van der Waals surface area contributed by atoms with Crippen LogP contribution in [0, 0.1) is 20.2 Å². The van der Waals surface area contributed by atoms with Crippen molar-refractivity contribution in [1.82, 2.24) is 0 Å². The van der Waals surface area contributed by atoms with Crippen LogP contribution in [-0.4, -0.2) is 21.1 Å². The van der Waals surface area contributed by atoms with Gasteiger partial charge in [0.15, 0.2) is 6.10 Å². The number of benzene rings is 1. The molecule has 0 radical (unpaired) electrons. The summed E-state index contributed by atoms with van der Waals surface area (Å²) in [7, 11) is 0.